The molecule has 4 saturated heterocycles. The molecule has 30 nitrogen and oxygen atoms in total. The maximum atomic E-state index is 14.1. The zero-order chi connectivity index (χ0) is 86.2. The van der Waals surface area contributed by atoms with Gasteiger partial charge in [-0.3, -0.25) is 24.0 Å². The number of likely N-dealkylation sites (tertiary alicyclic amines) is 4. The second kappa shape index (κ2) is 37.1. The molecule has 30 heteroatoms. The second-order valence-electron chi connectivity index (χ2n) is 32.2. The molecule has 4 fully saturated rings. The van der Waals surface area contributed by atoms with Crippen LogP contribution in [0.25, 0.3) is 88.8 Å². The Kier molecular flexibility index (Phi) is 25.7. The summed E-state index contributed by atoms with van der Waals surface area (Å²) in [4.78, 5) is 155. The molecular weight excluding hydrogens is 1550 g/mol. The maximum absolute atomic E-state index is 14.1. The summed E-state index contributed by atoms with van der Waals surface area (Å²) in [6.07, 6.45) is 8.10. The van der Waals surface area contributed by atoms with Crippen LogP contribution < -0.4 is 21.3 Å². The van der Waals surface area contributed by atoms with Crippen molar-refractivity contribution in [2.75, 3.05) is 54.6 Å². The highest BCUT2D eigenvalue weighted by atomic mass is 16.5. The lowest BCUT2D eigenvalue weighted by Crippen LogP contribution is -2.51. The van der Waals surface area contributed by atoms with Gasteiger partial charge in [-0.25, -0.2) is 39.1 Å². The summed E-state index contributed by atoms with van der Waals surface area (Å²) >= 11 is 0. The van der Waals surface area contributed by atoms with E-state index in [1.807, 2.05) is 77.9 Å². The van der Waals surface area contributed by atoms with E-state index in [1.54, 1.807) is 63.8 Å². The predicted molar refractivity (Wildman–Crippen MR) is 456 cm³/mol. The zero-order valence-corrected chi connectivity index (χ0v) is 69.6. The molecule has 4 aliphatic rings. The molecule has 8 heterocycles. The fraction of sp³-hybridized carbons (Fsp3) is 0.348. The number of nitrogens with zero attached hydrogens (tertiary/aromatic N) is 9. The number of hydrogen-bond acceptors (Lipinski definition) is 18. The van der Waals surface area contributed by atoms with E-state index < -0.39 is 66.5 Å². The lowest BCUT2D eigenvalue weighted by atomic mass is 9.98. The molecule has 630 valence electrons. The molecule has 0 unspecified atom stereocenters. The fourth-order valence-corrected chi connectivity index (χ4v) is 16.6. The van der Waals surface area contributed by atoms with Crippen LogP contribution in [0.3, 0.4) is 0 Å². The van der Waals surface area contributed by atoms with Gasteiger partial charge in [-0.05, 0) is 135 Å². The van der Waals surface area contributed by atoms with E-state index in [0.717, 1.165) is 115 Å². The first-order chi connectivity index (χ1) is 58.9. The van der Waals surface area contributed by atoms with Crippen molar-refractivity contribution >= 4 is 75.3 Å². The number of alkyl carbamates (subject to hydrolysis) is 4. The molecule has 0 saturated carbocycles. The van der Waals surface area contributed by atoms with Crippen molar-refractivity contribution in [1.29, 1.82) is 5.26 Å². The molecule has 7 aromatic carbocycles. The first-order valence-corrected chi connectivity index (χ1v) is 41.0. The summed E-state index contributed by atoms with van der Waals surface area (Å²) < 4.78 is 19.1. The lowest BCUT2D eigenvalue weighted by Gasteiger charge is -2.30. The van der Waals surface area contributed by atoms with Crippen molar-refractivity contribution < 1.29 is 62.1 Å². The topological polar surface area (TPSA) is 390 Å². The number of carbonyl (C=O) groups is 9. The van der Waals surface area contributed by atoms with Gasteiger partial charge >= 0.3 is 24.4 Å². The highest BCUT2D eigenvalue weighted by Gasteiger charge is 2.45. The van der Waals surface area contributed by atoms with E-state index in [2.05, 4.69) is 148 Å². The quantitative estimate of drug-likeness (QED) is 0.0292. The monoisotopic (exact) mass is 1650 g/mol. The largest absolute Gasteiger partial charge is 0.453 e. The van der Waals surface area contributed by atoms with Gasteiger partial charge < -0.3 is 79.8 Å². The predicted octanol–water partition coefficient (Wildman–Crippen LogP) is 14.4. The molecule has 122 heavy (non-hydrogen) atoms. The minimum atomic E-state index is -1.00. The van der Waals surface area contributed by atoms with E-state index in [1.165, 1.54) is 33.3 Å². The number of imidazole rings is 4. The minimum Gasteiger partial charge on any atom is -0.453 e. The number of fused-ring (bicyclic) bond motifs is 2. The van der Waals surface area contributed by atoms with Gasteiger partial charge in [0.05, 0.1) is 119 Å². The molecule has 8 N–H and O–H groups in total. The van der Waals surface area contributed by atoms with E-state index in [9.17, 15) is 48.4 Å². The van der Waals surface area contributed by atoms with Gasteiger partial charge in [-0.2, -0.15) is 5.26 Å². The van der Waals surface area contributed by atoms with E-state index in [0.29, 0.717) is 48.4 Å². The van der Waals surface area contributed by atoms with Crippen molar-refractivity contribution in [2.45, 2.75) is 128 Å². The third-order valence-electron chi connectivity index (χ3n) is 23.3. The van der Waals surface area contributed by atoms with Gasteiger partial charge in [0.2, 0.25) is 17.7 Å². The molecule has 0 radical (unpaired) electrons. The minimum absolute atomic E-state index is 0.0565. The van der Waals surface area contributed by atoms with Crippen molar-refractivity contribution in [3.05, 3.63) is 205 Å². The van der Waals surface area contributed by atoms with Crippen molar-refractivity contribution in [1.82, 2.24) is 80.7 Å². The Morgan fingerprint density at radius 1 is 0.410 bits per heavy atom. The number of nitriles is 1. The smallest absolute Gasteiger partial charge is 0.407 e. The molecule has 4 aliphatic heterocycles. The van der Waals surface area contributed by atoms with Gasteiger partial charge in [0.1, 0.15) is 47.5 Å². The molecule has 11 aromatic rings. The summed E-state index contributed by atoms with van der Waals surface area (Å²) in [5.41, 5.74) is 11.8. The average molecular weight is 1650 g/mol. The fourth-order valence-electron chi connectivity index (χ4n) is 16.6. The standard InChI is InChI=1S/C48H49N9O6.C44H50N8O7/c1-28(2)41(54-47(60)62-3)45(58)56-20-8-11-39(56)43-50-25-37(52-43)31-14-12-30(13-15-31)33-16-17-35-23-36(19-18-34(35)22-33)38-26-51-44(53-38)40-21-29(24-49)27-57(40)46(59)42(55-48(61)63-4)32-9-6-5-7-10-32;1-24(2)37(49-43(56)58-5)41(54)51-17-7-8-35(51)39-45-22-34(48-39)31-16-15-29-18-28(13-14-30(29)19-31)26-9-11-27(12-10-26)33-21-46-40(47-33)36-20-32(53)23-52(36)42(55)38(25(3)4)50-44(57)59-6/h5-7,9-10,12-19,22-23,25-26,28-29,39-42H,8,11,20-21,27H2,1-4H3,(H,50,52)(H,51,53)(H,54,60)(H,55,61);9-16,18-19,21-22,24-25,35-38H,7-8,17,20,23H2,1-6H3,(H,45,48)(H,46,47)(H,49,56)(H,50,57)/t29-,39+,40+,41+,42-;35-,36-,37-,38-/m10/s1. The number of hydrogen-bond donors (Lipinski definition) is 8. The van der Waals surface area contributed by atoms with Crippen molar-refractivity contribution in [3.8, 4) is 73.4 Å². The van der Waals surface area contributed by atoms with E-state index in [4.69, 9.17) is 28.9 Å². The number of carbonyl (C=O) groups excluding carboxylic acids is 9. The number of rotatable bonds is 22. The van der Waals surface area contributed by atoms with Crippen LogP contribution in [-0.4, -0.2) is 186 Å². The van der Waals surface area contributed by atoms with Crippen LogP contribution in [0, 0.1) is 35.0 Å². The van der Waals surface area contributed by atoms with Crippen LogP contribution in [0.5, 0.6) is 0 Å². The van der Waals surface area contributed by atoms with Crippen molar-refractivity contribution in [3.63, 3.8) is 0 Å². The number of aromatic amines is 4. The number of Topliss-reactive ketones (excluding diaryl/α,β-unsaturated/α-hetero) is 1. The van der Waals surface area contributed by atoms with Gasteiger partial charge in [0, 0.05) is 37.2 Å². The van der Waals surface area contributed by atoms with Crippen LogP contribution in [0.4, 0.5) is 19.2 Å². The van der Waals surface area contributed by atoms with Crippen molar-refractivity contribution in [2.24, 2.45) is 23.7 Å². The summed E-state index contributed by atoms with van der Waals surface area (Å²) in [6, 6.07) is 48.0. The molecule has 0 aliphatic carbocycles. The summed E-state index contributed by atoms with van der Waals surface area (Å²) in [5, 5.41) is 24.8. The number of methoxy groups -OCH3 is 4. The summed E-state index contributed by atoms with van der Waals surface area (Å²) in [7, 11) is 5.06. The Morgan fingerprint density at radius 2 is 0.754 bits per heavy atom. The second-order valence-corrected chi connectivity index (χ2v) is 32.2. The number of nitrogens with one attached hydrogen (secondary N) is 8. The number of ether oxygens (including phenoxy) is 4. The van der Waals surface area contributed by atoms with Gasteiger partial charge in [0.25, 0.3) is 5.91 Å². The number of ketones is 1. The molecule has 9 atom stereocenters. The Bertz CT molecular complexity index is 5730. The third-order valence-corrected chi connectivity index (χ3v) is 23.3. The Hall–Kier alpha value is -14.0. The Labute approximate surface area is 705 Å². The summed E-state index contributed by atoms with van der Waals surface area (Å²) in [5.74, 6) is 0.545. The molecule has 0 spiro atoms. The molecule has 8 amide bonds. The van der Waals surface area contributed by atoms with Crippen LogP contribution in [-0.2, 0) is 42.9 Å². The first kappa shape index (κ1) is 84.5. The zero-order valence-electron chi connectivity index (χ0n) is 69.6. The Morgan fingerprint density at radius 3 is 1.15 bits per heavy atom. The average Bonchev–Trinajstić information content (AvgIpc) is 1.55. The lowest BCUT2D eigenvalue weighted by molar-refractivity contribution is -0.136. The van der Waals surface area contributed by atoms with Crippen LogP contribution in [0.2, 0.25) is 0 Å². The van der Waals surface area contributed by atoms with E-state index in [-0.39, 0.29) is 78.8 Å². The number of aromatic nitrogens is 8. The van der Waals surface area contributed by atoms with Gasteiger partial charge in [-0.15, -0.1) is 0 Å². The molecule has 0 bridgehead atoms. The Balaban J connectivity index is 0.000000200. The van der Waals surface area contributed by atoms with Crippen LogP contribution in [0.15, 0.2) is 176 Å². The molecular formula is C92H99N17O13. The van der Waals surface area contributed by atoms with Crippen LogP contribution in [0.1, 0.15) is 139 Å². The maximum Gasteiger partial charge on any atom is 0.407 e. The highest BCUT2D eigenvalue weighted by Crippen LogP contribution is 2.41. The van der Waals surface area contributed by atoms with Gasteiger partial charge in [0.15, 0.2) is 5.78 Å². The van der Waals surface area contributed by atoms with E-state index >= 15 is 0 Å². The molecule has 15 rings (SSSR count). The third kappa shape index (κ3) is 18.4. The first-order valence-electron chi connectivity index (χ1n) is 41.0. The number of H-pyrrole nitrogens is 4. The van der Waals surface area contributed by atoms with Gasteiger partial charge in [-0.1, -0.05) is 169 Å². The molecule has 4 aromatic heterocycles. The summed E-state index contributed by atoms with van der Waals surface area (Å²) in [6.45, 7) is 12.5. The highest BCUT2D eigenvalue weighted by molar-refractivity contribution is 5.96. The number of amides is 8. The van der Waals surface area contributed by atoms with Crippen LogP contribution >= 0.6 is 0 Å². The SMILES string of the molecule is COC(=O)N[C@H](C(=O)N1CCC[C@H]1c1ncc(-c2ccc(-c3ccc4cc(-c5cnc([C@@H]6C[C@H](C#N)CN6C(=O)[C@H](NC(=O)OC)c6ccccc6)[nH]5)ccc4c3)cc2)[nH]1)C(C)C.COC(=O)N[C@H](C(=O)N1CCC[C@H]1c1ncc(-c2ccc3cc(-c4ccc(-c5cnc([C@@H]6CC(=O)CN6C(=O)[C@@H](NC(=O)OC)C(C)C)[nH]5)cc4)ccc3c2)[nH]1)C(C)C. The normalized spacial score (nSPS) is 18.0. The number of benzene rings is 7.